The van der Waals surface area contributed by atoms with Crippen molar-refractivity contribution in [3.8, 4) is 0 Å². The molecule has 0 radical (unpaired) electrons. The summed E-state index contributed by atoms with van der Waals surface area (Å²) < 4.78 is 0. The van der Waals surface area contributed by atoms with Gasteiger partial charge in [-0.2, -0.15) is 0 Å². The lowest BCUT2D eigenvalue weighted by Crippen LogP contribution is -2.55. The van der Waals surface area contributed by atoms with Crippen molar-refractivity contribution in [2.75, 3.05) is 18.0 Å². The van der Waals surface area contributed by atoms with Crippen LogP contribution in [0, 0.1) is 13.8 Å². The van der Waals surface area contributed by atoms with Gasteiger partial charge in [-0.25, -0.2) is 0 Å². The molecule has 0 aromatic heterocycles. The first-order chi connectivity index (χ1) is 8.97. The van der Waals surface area contributed by atoms with Crippen molar-refractivity contribution >= 4 is 17.6 Å². The maximum atomic E-state index is 12.0. The summed E-state index contributed by atoms with van der Waals surface area (Å²) in [6.45, 7) is 4.55. The number of rotatable bonds is 3. The molecule has 0 bridgehead atoms. The van der Waals surface area contributed by atoms with Crippen LogP contribution in [-0.4, -0.2) is 36.1 Å². The summed E-state index contributed by atoms with van der Waals surface area (Å²) in [5.41, 5.74) is 3.04. The number of hydrogen-bond acceptors (Lipinski definition) is 3. The number of carbonyl (C=O) groups excluding carboxylic acids is 1. The van der Waals surface area contributed by atoms with Gasteiger partial charge in [0.05, 0.1) is 13.0 Å². The van der Waals surface area contributed by atoms with E-state index in [-0.39, 0.29) is 24.9 Å². The number of carbonyl (C=O) groups is 2. The highest BCUT2D eigenvalue weighted by Gasteiger charge is 2.28. The number of piperazine rings is 1. The molecule has 1 saturated heterocycles. The van der Waals surface area contributed by atoms with Crippen LogP contribution >= 0.6 is 0 Å². The molecule has 1 atom stereocenters. The molecule has 0 saturated carbocycles. The number of carboxylic acid groups (broad SMARTS) is 1. The second-order valence-corrected chi connectivity index (χ2v) is 4.97. The van der Waals surface area contributed by atoms with Gasteiger partial charge in [-0.1, -0.05) is 17.7 Å². The smallest absolute Gasteiger partial charge is 0.304 e. The zero-order valence-corrected chi connectivity index (χ0v) is 11.1. The van der Waals surface area contributed by atoms with Gasteiger partial charge < -0.3 is 15.3 Å². The highest BCUT2D eigenvalue weighted by atomic mass is 16.4. The number of aliphatic carboxylic acids is 1. The van der Waals surface area contributed by atoms with Gasteiger partial charge in [0.15, 0.2) is 0 Å². The Kier molecular flexibility index (Phi) is 3.85. The molecule has 1 amide bonds. The molecule has 1 fully saturated rings. The standard InChI is InChI=1S/C14H18N2O3/c1-9-3-4-12(10(2)5-9)16-8-11(6-14(18)19)15-7-13(16)17/h3-5,11,15H,6-8H2,1-2H3,(H,18,19). The van der Waals surface area contributed by atoms with Gasteiger partial charge in [0, 0.05) is 18.3 Å². The van der Waals surface area contributed by atoms with E-state index in [9.17, 15) is 9.59 Å². The quantitative estimate of drug-likeness (QED) is 0.855. The third-order valence-electron chi connectivity index (χ3n) is 3.31. The highest BCUT2D eigenvalue weighted by Crippen LogP contribution is 2.23. The number of nitrogens with one attached hydrogen (secondary N) is 1. The number of aryl methyl sites for hydroxylation is 2. The fourth-order valence-corrected chi connectivity index (χ4v) is 2.40. The third-order valence-corrected chi connectivity index (χ3v) is 3.31. The van der Waals surface area contributed by atoms with E-state index in [1.165, 1.54) is 0 Å². The first-order valence-corrected chi connectivity index (χ1v) is 6.30. The summed E-state index contributed by atoms with van der Waals surface area (Å²) >= 11 is 0. The maximum Gasteiger partial charge on any atom is 0.304 e. The van der Waals surface area contributed by atoms with Gasteiger partial charge in [0.25, 0.3) is 0 Å². The van der Waals surface area contributed by atoms with Crippen LogP contribution in [0.4, 0.5) is 5.69 Å². The summed E-state index contributed by atoms with van der Waals surface area (Å²) in [6.07, 6.45) is 0.0225. The summed E-state index contributed by atoms with van der Waals surface area (Å²) in [4.78, 5) is 24.4. The van der Waals surface area contributed by atoms with Crippen LogP contribution in [0.15, 0.2) is 18.2 Å². The minimum absolute atomic E-state index is 0.0198. The minimum Gasteiger partial charge on any atom is -0.481 e. The summed E-state index contributed by atoms with van der Waals surface area (Å²) in [5, 5.41) is 11.8. The number of anilines is 1. The molecule has 5 heteroatoms. The molecule has 1 aliphatic heterocycles. The van der Waals surface area contributed by atoms with Gasteiger partial charge in [0.1, 0.15) is 0 Å². The largest absolute Gasteiger partial charge is 0.481 e. The number of amides is 1. The summed E-state index contributed by atoms with van der Waals surface area (Å²) in [6, 6.07) is 5.71. The predicted octanol–water partition coefficient (Wildman–Crippen LogP) is 1.08. The molecular formula is C14H18N2O3. The molecule has 0 spiro atoms. The van der Waals surface area contributed by atoms with E-state index in [2.05, 4.69) is 5.32 Å². The van der Waals surface area contributed by atoms with Crippen LogP contribution in [-0.2, 0) is 9.59 Å². The van der Waals surface area contributed by atoms with Crippen LogP contribution in [0.2, 0.25) is 0 Å². The van der Waals surface area contributed by atoms with Crippen molar-refractivity contribution in [2.24, 2.45) is 0 Å². The Morgan fingerprint density at radius 1 is 1.47 bits per heavy atom. The maximum absolute atomic E-state index is 12.0. The molecule has 1 aliphatic rings. The van der Waals surface area contributed by atoms with Crippen molar-refractivity contribution < 1.29 is 14.7 Å². The van der Waals surface area contributed by atoms with Gasteiger partial charge in [-0.3, -0.25) is 9.59 Å². The number of hydrogen-bond donors (Lipinski definition) is 2. The first-order valence-electron chi connectivity index (χ1n) is 6.30. The van der Waals surface area contributed by atoms with Crippen molar-refractivity contribution in [1.82, 2.24) is 5.32 Å². The molecule has 1 heterocycles. The van der Waals surface area contributed by atoms with Crippen molar-refractivity contribution in [1.29, 1.82) is 0 Å². The molecule has 1 unspecified atom stereocenters. The summed E-state index contributed by atoms with van der Waals surface area (Å²) in [5.74, 6) is -0.874. The zero-order valence-electron chi connectivity index (χ0n) is 11.1. The highest BCUT2D eigenvalue weighted by molar-refractivity contribution is 5.96. The lowest BCUT2D eigenvalue weighted by molar-refractivity contribution is -0.138. The SMILES string of the molecule is Cc1ccc(N2CC(CC(=O)O)NCC2=O)c(C)c1. The van der Waals surface area contributed by atoms with E-state index < -0.39 is 5.97 Å². The van der Waals surface area contributed by atoms with Gasteiger partial charge in [-0.15, -0.1) is 0 Å². The lowest BCUT2D eigenvalue weighted by Gasteiger charge is -2.33. The molecule has 2 N–H and O–H groups in total. The van der Waals surface area contributed by atoms with E-state index >= 15 is 0 Å². The van der Waals surface area contributed by atoms with Gasteiger partial charge >= 0.3 is 5.97 Å². The average molecular weight is 262 g/mol. The van der Waals surface area contributed by atoms with Crippen LogP contribution in [0.5, 0.6) is 0 Å². The van der Waals surface area contributed by atoms with Crippen LogP contribution in [0.25, 0.3) is 0 Å². The lowest BCUT2D eigenvalue weighted by atomic mass is 10.1. The minimum atomic E-state index is -0.854. The molecule has 2 rings (SSSR count). The van der Waals surface area contributed by atoms with E-state index in [0.717, 1.165) is 16.8 Å². The number of benzene rings is 1. The topological polar surface area (TPSA) is 69.6 Å². The van der Waals surface area contributed by atoms with E-state index in [0.29, 0.717) is 6.54 Å². The van der Waals surface area contributed by atoms with Gasteiger partial charge in [-0.05, 0) is 25.5 Å². The fourth-order valence-electron chi connectivity index (χ4n) is 2.40. The van der Waals surface area contributed by atoms with Crippen molar-refractivity contribution in [2.45, 2.75) is 26.3 Å². The van der Waals surface area contributed by atoms with Crippen molar-refractivity contribution in [3.63, 3.8) is 0 Å². The Morgan fingerprint density at radius 3 is 2.84 bits per heavy atom. The summed E-state index contributed by atoms with van der Waals surface area (Å²) in [7, 11) is 0. The predicted molar refractivity (Wildman–Crippen MR) is 72.3 cm³/mol. The molecule has 102 valence electrons. The molecule has 19 heavy (non-hydrogen) atoms. The Labute approximate surface area is 112 Å². The third kappa shape index (κ3) is 3.12. The van der Waals surface area contributed by atoms with Gasteiger partial charge in [0.2, 0.25) is 5.91 Å². The number of carboxylic acids is 1. The Bertz CT molecular complexity index is 513. The van der Waals surface area contributed by atoms with E-state index in [1.807, 2.05) is 32.0 Å². The molecule has 1 aromatic carbocycles. The normalized spacial score (nSPS) is 19.6. The van der Waals surface area contributed by atoms with Crippen molar-refractivity contribution in [3.05, 3.63) is 29.3 Å². The van der Waals surface area contributed by atoms with Crippen LogP contribution < -0.4 is 10.2 Å². The fraction of sp³-hybridized carbons (Fsp3) is 0.429. The van der Waals surface area contributed by atoms with Crippen LogP contribution in [0.1, 0.15) is 17.5 Å². The molecule has 1 aromatic rings. The van der Waals surface area contributed by atoms with E-state index in [1.54, 1.807) is 4.90 Å². The second kappa shape index (κ2) is 5.40. The average Bonchev–Trinajstić information content (AvgIpc) is 2.31. The molecular weight excluding hydrogens is 244 g/mol. The van der Waals surface area contributed by atoms with E-state index in [4.69, 9.17) is 5.11 Å². The first kappa shape index (κ1) is 13.5. The Morgan fingerprint density at radius 2 is 2.21 bits per heavy atom. The molecule has 0 aliphatic carbocycles. The van der Waals surface area contributed by atoms with Crippen LogP contribution in [0.3, 0.4) is 0 Å². The Hall–Kier alpha value is -1.88. The number of nitrogens with zero attached hydrogens (tertiary/aromatic N) is 1. The Balaban J connectivity index is 2.21. The second-order valence-electron chi connectivity index (χ2n) is 4.97. The zero-order chi connectivity index (χ0) is 14.0. The monoisotopic (exact) mass is 262 g/mol. The molecule has 5 nitrogen and oxygen atoms in total.